The summed E-state index contributed by atoms with van der Waals surface area (Å²) in [6.45, 7) is 14.9. The van der Waals surface area contributed by atoms with Gasteiger partial charge in [0, 0.05) is 6.92 Å². The zero-order valence-electron chi connectivity index (χ0n) is 13.8. The SMILES string of the molecule is CCCCC(C)(OC(C)=O)C(C)(C)OOC(C)(C)C. The molecule has 0 saturated heterocycles. The molecule has 0 radical (unpaired) electrons. The van der Waals surface area contributed by atoms with Crippen molar-refractivity contribution < 1.29 is 19.3 Å². The highest BCUT2D eigenvalue weighted by Crippen LogP contribution is 2.35. The average molecular weight is 274 g/mol. The van der Waals surface area contributed by atoms with E-state index in [1.807, 2.05) is 41.5 Å². The summed E-state index contributed by atoms with van der Waals surface area (Å²) in [4.78, 5) is 22.3. The topological polar surface area (TPSA) is 44.8 Å². The normalized spacial score (nSPS) is 16.0. The van der Waals surface area contributed by atoms with Gasteiger partial charge in [0.1, 0.15) is 11.2 Å². The quantitative estimate of drug-likeness (QED) is 0.399. The predicted molar refractivity (Wildman–Crippen MR) is 75.7 cm³/mol. The maximum absolute atomic E-state index is 11.4. The van der Waals surface area contributed by atoms with Crippen LogP contribution in [0.2, 0.25) is 0 Å². The molecule has 1 atom stereocenters. The summed E-state index contributed by atoms with van der Waals surface area (Å²) in [6.07, 6.45) is 2.74. The summed E-state index contributed by atoms with van der Waals surface area (Å²) in [5.41, 5.74) is -1.83. The molecule has 0 spiro atoms. The fraction of sp³-hybridized carbons (Fsp3) is 0.933. The van der Waals surface area contributed by atoms with Gasteiger partial charge in [-0.25, -0.2) is 9.78 Å². The fourth-order valence-corrected chi connectivity index (χ4v) is 1.62. The third kappa shape index (κ3) is 6.39. The minimum Gasteiger partial charge on any atom is -0.456 e. The molecule has 0 heterocycles. The van der Waals surface area contributed by atoms with Crippen molar-refractivity contribution >= 4 is 5.97 Å². The van der Waals surface area contributed by atoms with Crippen molar-refractivity contribution in [2.45, 2.75) is 91.5 Å². The molecule has 0 N–H and O–H groups in total. The monoisotopic (exact) mass is 274 g/mol. The van der Waals surface area contributed by atoms with Gasteiger partial charge in [0.05, 0.1) is 5.60 Å². The molecule has 0 fully saturated rings. The molecule has 114 valence electrons. The average Bonchev–Trinajstić information content (AvgIpc) is 2.21. The minimum absolute atomic E-state index is 0.300. The summed E-state index contributed by atoms with van der Waals surface area (Å²) in [5, 5.41) is 0. The van der Waals surface area contributed by atoms with Crippen molar-refractivity contribution in [1.29, 1.82) is 0 Å². The first kappa shape index (κ1) is 18.4. The van der Waals surface area contributed by atoms with Crippen molar-refractivity contribution in [2.75, 3.05) is 0 Å². The van der Waals surface area contributed by atoms with E-state index in [1.165, 1.54) is 6.92 Å². The molecule has 0 aromatic heterocycles. The second-order valence-electron chi connectivity index (χ2n) is 6.72. The smallest absolute Gasteiger partial charge is 0.303 e. The van der Waals surface area contributed by atoms with Crippen molar-refractivity contribution in [3.63, 3.8) is 0 Å². The van der Waals surface area contributed by atoms with Crippen LogP contribution in [-0.4, -0.2) is 22.8 Å². The Morgan fingerprint density at radius 2 is 1.53 bits per heavy atom. The van der Waals surface area contributed by atoms with Gasteiger partial charge >= 0.3 is 5.97 Å². The van der Waals surface area contributed by atoms with Crippen LogP contribution in [0.5, 0.6) is 0 Å². The summed E-state index contributed by atoms with van der Waals surface area (Å²) in [5.74, 6) is -0.300. The molecular weight excluding hydrogens is 244 g/mol. The number of hydrogen-bond donors (Lipinski definition) is 0. The van der Waals surface area contributed by atoms with Crippen LogP contribution in [0.25, 0.3) is 0 Å². The molecular formula is C15H30O4. The summed E-state index contributed by atoms with van der Waals surface area (Å²) in [7, 11) is 0. The van der Waals surface area contributed by atoms with Gasteiger partial charge in [-0.2, -0.15) is 0 Å². The maximum atomic E-state index is 11.4. The Labute approximate surface area is 117 Å². The van der Waals surface area contributed by atoms with E-state index in [0.29, 0.717) is 0 Å². The first-order valence-electron chi connectivity index (χ1n) is 7.00. The first-order valence-corrected chi connectivity index (χ1v) is 7.00. The Hall–Kier alpha value is -0.610. The molecule has 0 aromatic rings. The second kappa shape index (κ2) is 6.71. The standard InChI is InChI=1S/C15H30O4/c1-9-10-11-15(8,17-12(2)16)14(6,7)19-18-13(3,4)5/h9-11H2,1-8H3. The number of esters is 1. The van der Waals surface area contributed by atoms with E-state index >= 15 is 0 Å². The highest BCUT2D eigenvalue weighted by molar-refractivity contribution is 5.66. The third-order valence-electron chi connectivity index (χ3n) is 3.15. The maximum Gasteiger partial charge on any atom is 0.303 e. The van der Waals surface area contributed by atoms with Crippen LogP contribution in [0.3, 0.4) is 0 Å². The van der Waals surface area contributed by atoms with Crippen molar-refractivity contribution in [3.05, 3.63) is 0 Å². The molecule has 4 nitrogen and oxygen atoms in total. The number of rotatable bonds is 7. The number of ether oxygens (including phenoxy) is 1. The summed E-state index contributed by atoms with van der Waals surface area (Å²) in [6, 6.07) is 0. The van der Waals surface area contributed by atoms with Gasteiger partial charge < -0.3 is 4.74 Å². The van der Waals surface area contributed by atoms with E-state index in [0.717, 1.165) is 19.3 Å². The lowest BCUT2D eigenvalue weighted by Gasteiger charge is -2.42. The van der Waals surface area contributed by atoms with Gasteiger partial charge in [0.2, 0.25) is 0 Å². The molecule has 19 heavy (non-hydrogen) atoms. The van der Waals surface area contributed by atoms with Gasteiger partial charge in [-0.3, -0.25) is 4.79 Å². The summed E-state index contributed by atoms with van der Waals surface area (Å²) < 4.78 is 5.53. The van der Waals surface area contributed by atoms with Crippen LogP contribution in [0.1, 0.15) is 74.7 Å². The molecule has 0 aromatic carbocycles. The highest BCUT2D eigenvalue weighted by atomic mass is 17.2. The number of carbonyl (C=O) groups excluding carboxylic acids is 1. The van der Waals surface area contributed by atoms with Gasteiger partial charge in [-0.15, -0.1) is 0 Å². The number of hydrogen-bond acceptors (Lipinski definition) is 4. The fourth-order valence-electron chi connectivity index (χ4n) is 1.62. The van der Waals surface area contributed by atoms with Crippen LogP contribution in [0.4, 0.5) is 0 Å². The molecule has 0 aliphatic carbocycles. The zero-order chi connectivity index (χ0) is 15.3. The third-order valence-corrected chi connectivity index (χ3v) is 3.15. The van der Waals surface area contributed by atoms with Crippen molar-refractivity contribution in [1.82, 2.24) is 0 Å². The van der Waals surface area contributed by atoms with E-state index in [4.69, 9.17) is 14.5 Å². The molecule has 0 bridgehead atoms. The van der Waals surface area contributed by atoms with E-state index in [9.17, 15) is 4.79 Å². The van der Waals surface area contributed by atoms with Crippen LogP contribution in [-0.2, 0) is 19.3 Å². The molecule has 4 heteroatoms. The van der Waals surface area contributed by atoms with Gasteiger partial charge in [-0.05, 0) is 54.4 Å². The largest absolute Gasteiger partial charge is 0.456 e. The Morgan fingerprint density at radius 1 is 1.00 bits per heavy atom. The van der Waals surface area contributed by atoms with E-state index in [-0.39, 0.29) is 5.97 Å². The molecule has 0 amide bonds. The lowest BCUT2D eigenvalue weighted by atomic mass is 9.83. The lowest BCUT2D eigenvalue weighted by Crippen LogP contribution is -2.53. The highest BCUT2D eigenvalue weighted by Gasteiger charge is 2.46. The van der Waals surface area contributed by atoms with Gasteiger partial charge in [0.25, 0.3) is 0 Å². The van der Waals surface area contributed by atoms with Crippen molar-refractivity contribution in [2.24, 2.45) is 0 Å². The lowest BCUT2D eigenvalue weighted by molar-refractivity contribution is -0.420. The van der Waals surface area contributed by atoms with E-state index in [1.54, 1.807) is 0 Å². The Morgan fingerprint density at radius 3 is 1.89 bits per heavy atom. The second-order valence-corrected chi connectivity index (χ2v) is 6.72. The van der Waals surface area contributed by atoms with Gasteiger partial charge in [0.15, 0.2) is 0 Å². The number of unbranched alkanes of at least 4 members (excludes halogenated alkanes) is 1. The van der Waals surface area contributed by atoms with Gasteiger partial charge in [-0.1, -0.05) is 13.3 Å². The Balaban J connectivity index is 4.93. The van der Waals surface area contributed by atoms with Crippen LogP contribution >= 0.6 is 0 Å². The van der Waals surface area contributed by atoms with Crippen LogP contribution < -0.4 is 0 Å². The van der Waals surface area contributed by atoms with E-state index < -0.39 is 16.8 Å². The minimum atomic E-state index is -0.721. The molecule has 0 rings (SSSR count). The molecule has 0 aliphatic heterocycles. The molecule has 0 saturated carbocycles. The zero-order valence-corrected chi connectivity index (χ0v) is 13.8. The molecule has 0 aliphatic rings. The Kier molecular flexibility index (Phi) is 6.49. The molecule has 1 unspecified atom stereocenters. The number of carbonyl (C=O) groups is 1. The summed E-state index contributed by atoms with van der Waals surface area (Å²) >= 11 is 0. The first-order chi connectivity index (χ1) is 8.43. The Bertz CT molecular complexity index is 291. The van der Waals surface area contributed by atoms with E-state index in [2.05, 4.69) is 6.92 Å². The van der Waals surface area contributed by atoms with Crippen LogP contribution in [0.15, 0.2) is 0 Å². The van der Waals surface area contributed by atoms with Crippen molar-refractivity contribution in [3.8, 4) is 0 Å². The van der Waals surface area contributed by atoms with Crippen LogP contribution in [0, 0.1) is 0 Å². The predicted octanol–water partition coefficient (Wildman–Crippen LogP) is 4.02.